The number of benzene rings is 7. The van der Waals surface area contributed by atoms with Gasteiger partial charge in [0.25, 0.3) is 0 Å². The van der Waals surface area contributed by atoms with Crippen molar-refractivity contribution in [1.29, 1.82) is 5.26 Å². The molecule has 0 atom stereocenters. The predicted octanol–water partition coefficient (Wildman–Crippen LogP) is 10.9. The van der Waals surface area contributed by atoms with E-state index >= 15 is 0 Å². The molecule has 242 valence electrons. The highest BCUT2D eigenvalue weighted by atomic mass is 15.0. The van der Waals surface area contributed by atoms with E-state index < -0.39 is 0 Å². The van der Waals surface area contributed by atoms with Crippen molar-refractivity contribution in [1.82, 2.24) is 24.1 Å². The summed E-state index contributed by atoms with van der Waals surface area (Å²) in [4.78, 5) is 14.7. The lowest BCUT2D eigenvalue weighted by Crippen LogP contribution is -2.00. The molecular formula is C46H28N6. The van der Waals surface area contributed by atoms with E-state index in [1.165, 1.54) is 10.8 Å². The Morgan fingerprint density at radius 2 is 0.788 bits per heavy atom. The van der Waals surface area contributed by atoms with E-state index in [-0.39, 0.29) is 0 Å². The molecule has 3 heterocycles. The first-order valence-corrected chi connectivity index (χ1v) is 17.2. The van der Waals surface area contributed by atoms with E-state index in [9.17, 15) is 5.26 Å². The second kappa shape index (κ2) is 11.9. The lowest BCUT2D eigenvalue weighted by atomic mass is 10.1. The van der Waals surface area contributed by atoms with Gasteiger partial charge in [0.05, 0.1) is 33.7 Å². The highest BCUT2D eigenvalue weighted by Gasteiger charge is 2.18. The second-order valence-corrected chi connectivity index (χ2v) is 12.8. The third kappa shape index (κ3) is 4.76. The molecule has 0 fully saturated rings. The molecule has 0 spiro atoms. The van der Waals surface area contributed by atoms with Crippen molar-refractivity contribution in [2.75, 3.05) is 0 Å². The van der Waals surface area contributed by atoms with Crippen LogP contribution in [0, 0.1) is 11.3 Å². The average molecular weight is 665 g/mol. The minimum atomic E-state index is 0.607. The van der Waals surface area contributed by atoms with Gasteiger partial charge in [0.1, 0.15) is 0 Å². The highest BCUT2D eigenvalue weighted by Crippen LogP contribution is 2.37. The number of hydrogen-bond acceptors (Lipinski definition) is 4. The molecule has 0 radical (unpaired) electrons. The number of hydrogen-bond donors (Lipinski definition) is 0. The maximum Gasteiger partial charge on any atom is 0.164 e. The summed E-state index contributed by atoms with van der Waals surface area (Å²) in [6.07, 6.45) is 0. The van der Waals surface area contributed by atoms with Crippen molar-refractivity contribution in [3.05, 3.63) is 175 Å². The van der Waals surface area contributed by atoms with E-state index in [1.54, 1.807) is 0 Å². The minimum absolute atomic E-state index is 0.607. The number of aromatic nitrogens is 5. The molecule has 7 aromatic carbocycles. The Balaban J connectivity index is 1.13. The molecule has 0 saturated heterocycles. The quantitative estimate of drug-likeness (QED) is 0.184. The summed E-state index contributed by atoms with van der Waals surface area (Å²) in [5, 5.41) is 14.4. The molecule has 0 bridgehead atoms. The number of rotatable bonds is 5. The molecule has 52 heavy (non-hydrogen) atoms. The standard InChI is InChI=1S/C46H28N6/c47-29-30-19-25-42-38(27-30)39-28-35(52-40-17-9-7-15-36(40)37-16-8-10-18-41(37)52)24-26-43(39)51(42)34-22-20-33(21-23-34)46-49-44(31-11-3-1-4-12-31)48-45(50-46)32-13-5-2-6-14-32/h1-28H. The lowest BCUT2D eigenvalue weighted by Gasteiger charge is -2.11. The minimum Gasteiger partial charge on any atom is -0.309 e. The zero-order valence-corrected chi connectivity index (χ0v) is 27.8. The van der Waals surface area contributed by atoms with Crippen molar-refractivity contribution < 1.29 is 0 Å². The first kappa shape index (κ1) is 29.5. The molecule has 0 unspecified atom stereocenters. The van der Waals surface area contributed by atoms with Gasteiger partial charge in [0, 0.05) is 49.6 Å². The summed E-state index contributed by atoms with van der Waals surface area (Å²) in [5.41, 5.74) is 9.85. The van der Waals surface area contributed by atoms with Crippen molar-refractivity contribution in [3.63, 3.8) is 0 Å². The van der Waals surface area contributed by atoms with Crippen LogP contribution in [0.25, 0.3) is 89.2 Å². The monoisotopic (exact) mass is 664 g/mol. The highest BCUT2D eigenvalue weighted by molar-refractivity contribution is 6.12. The Hall–Kier alpha value is -7.36. The maximum absolute atomic E-state index is 9.88. The molecule has 0 saturated carbocycles. The van der Waals surface area contributed by atoms with Crippen LogP contribution in [-0.4, -0.2) is 24.1 Å². The summed E-state index contributed by atoms with van der Waals surface area (Å²) >= 11 is 0. The Kier molecular flexibility index (Phi) is 6.76. The van der Waals surface area contributed by atoms with E-state index in [1.807, 2.05) is 78.9 Å². The first-order chi connectivity index (χ1) is 25.7. The first-order valence-electron chi connectivity index (χ1n) is 17.2. The molecule has 3 aromatic heterocycles. The smallest absolute Gasteiger partial charge is 0.164 e. The molecule has 6 nitrogen and oxygen atoms in total. The van der Waals surface area contributed by atoms with Crippen molar-refractivity contribution in [2.45, 2.75) is 0 Å². The fraction of sp³-hybridized carbons (Fsp3) is 0. The summed E-state index contributed by atoms with van der Waals surface area (Å²) < 4.78 is 4.60. The van der Waals surface area contributed by atoms with Crippen molar-refractivity contribution in [3.8, 4) is 51.6 Å². The van der Waals surface area contributed by atoms with Crippen LogP contribution in [0.5, 0.6) is 0 Å². The summed E-state index contributed by atoms with van der Waals surface area (Å²) in [6.45, 7) is 0. The van der Waals surface area contributed by atoms with Gasteiger partial charge in [0.15, 0.2) is 17.5 Å². The van der Waals surface area contributed by atoms with Crippen LogP contribution in [0.15, 0.2) is 170 Å². The lowest BCUT2D eigenvalue weighted by molar-refractivity contribution is 1.07. The SMILES string of the molecule is N#Cc1ccc2c(c1)c1cc(-n3c4ccccc4c4ccccc43)ccc1n2-c1ccc(-c2nc(-c3ccccc3)nc(-c3ccccc3)n2)cc1. The van der Waals surface area contributed by atoms with Gasteiger partial charge >= 0.3 is 0 Å². The molecular weight excluding hydrogens is 637 g/mol. The summed E-state index contributed by atoms with van der Waals surface area (Å²) in [7, 11) is 0. The van der Waals surface area contributed by atoms with Crippen molar-refractivity contribution >= 4 is 43.6 Å². The number of para-hydroxylation sites is 2. The molecule has 10 aromatic rings. The van der Waals surface area contributed by atoms with Crippen LogP contribution < -0.4 is 0 Å². The van der Waals surface area contributed by atoms with Gasteiger partial charge in [0.2, 0.25) is 0 Å². The van der Waals surface area contributed by atoms with Crippen LogP contribution in [0.4, 0.5) is 0 Å². The zero-order chi connectivity index (χ0) is 34.6. The number of nitrogens with zero attached hydrogens (tertiary/aromatic N) is 6. The van der Waals surface area contributed by atoms with Gasteiger partial charge in [-0.15, -0.1) is 0 Å². The number of nitriles is 1. The zero-order valence-electron chi connectivity index (χ0n) is 27.8. The summed E-state index contributed by atoms with van der Waals surface area (Å²) in [5.74, 6) is 1.86. The maximum atomic E-state index is 9.88. The van der Waals surface area contributed by atoms with E-state index in [4.69, 9.17) is 15.0 Å². The van der Waals surface area contributed by atoms with Crippen LogP contribution in [0.2, 0.25) is 0 Å². The van der Waals surface area contributed by atoms with E-state index in [2.05, 4.69) is 106 Å². The fourth-order valence-corrected chi connectivity index (χ4v) is 7.40. The molecule has 6 heteroatoms. The van der Waals surface area contributed by atoms with Gasteiger partial charge in [-0.05, 0) is 72.8 Å². The van der Waals surface area contributed by atoms with Gasteiger partial charge in [-0.25, -0.2) is 15.0 Å². The van der Waals surface area contributed by atoms with Gasteiger partial charge < -0.3 is 9.13 Å². The largest absolute Gasteiger partial charge is 0.309 e. The molecule has 0 aliphatic heterocycles. The Labute approximate surface area is 299 Å². The van der Waals surface area contributed by atoms with Crippen LogP contribution in [0.3, 0.4) is 0 Å². The van der Waals surface area contributed by atoms with Crippen LogP contribution >= 0.6 is 0 Å². The average Bonchev–Trinajstić information content (AvgIpc) is 3.73. The van der Waals surface area contributed by atoms with Gasteiger partial charge in [-0.2, -0.15) is 5.26 Å². The molecule has 0 amide bonds. The van der Waals surface area contributed by atoms with Crippen LogP contribution in [-0.2, 0) is 0 Å². The molecule has 0 N–H and O–H groups in total. The van der Waals surface area contributed by atoms with Crippen molar-refractivity contribution in [2.24, 2.45) is 0 Å². The van der Waals surface area contributed by atoms with Gasteiger partial charge in [-0.1, -0.05) is 97.1 Å². The summed E-state index contributed by atoms with van der Waals surface area (Å²) in [6, 6.07) is 60.4. The predicted molar refractivity (Wildman–Crippen MR) is 210 cm³/mol. The fourth-order valence-electron chi connectivity index (χ4n) is 7.40. The normalized spacial score (nSPS) is 11.4. The topological polar surface area (TPSA) is 72.3 Å². The third-order valence-electron chi connectivity index (χ3n) is 9.80. The Morgan fingerprint density at radius 3 is 1.35 bits per heavy atom. The van der Waals surface area contributed by atoms with Crippen LogP contribution in [0.1, 0.15) is 5.56 Å². The molecule has 10 rings (SSSR count). The Bertz CT molecular complexity index is 2890. The van der Waals surface area contributed by atoms with E-state index in [0.29, 0.717) is 23.0 Å². The molecule has 0 aliphatic carbocycles. The van der Waals surface area contributed by atoms with E-state index in [0.717, 1.165) is 60.9 Å². The van der Waals surface area contributed by atoms with Gasteiger partial charge in [-0.3, -0.25) is 0 Å². The Morgan fingerprint density at radius 1 is 0.365 bits per heavy atom. The second-order valence-electron chi connectivity index (χ2n) is 12.8. The molecule has 0 aliphatic rings. The third-order valence-corrected chi connectivity index (χ3v) is 9.80. The number of fused-ring (bicyclic) bond motifs is 6.